The highest BCUT2D eigenvalue weighted by atomic mass is 16.5. The van der Waals surface area contributed by atoms with Crippen LogP contribution in [0.3, 0.4) is 0 Å². The van der Waals surface area contributed by atoms with E-state index in [0.717, 1.165) is 11.3 Å². The number of rotatable bonds is 3. The third-order valence-corrected chi connectivity index (χ3v) is 3.60. The van der Waals surface area contributed by atoms with Crippen LogP contribution in [0.2, 0.25) is 0 Å². The zero-order valence-electron chi connectivity index (χ0n) is 12.7. The van der Waals surface area contributed by atoms with Crippen molar-refractivity contribution >= 4 is 5.91 Å². The van der Waals surface area contributed by atoms with Crippen LogP contribution in [0.15, 0.2) is 24.3 Å². The SMILES string of the molecule is CCOc1cccc(C2C(N)CC(=O)N2C(C)(C)C)c1. The predicted octanol–water partition coefficient (Wildman–Crippen LogP) is 2.48. The van der Waals surface area contributed by atoms with E-state index in [0.29, 0.717) is 13.0 Å². The molecule has 1 amide bonds. The fraction of sp³-hybridized carbons (Fsp3) is 0.562. The number of carbonyl (C=O) groups excluding carboxylic acids is 1. The molecule has 1 aliphatic heterocycles. The van der Waals surface area contributed by atoms with Crippen LogP contribution in [-0.4, -0.2) is 29.0 Å². The van der Waals surface area contributed by atoms with Gasteiger partial charge in [-0.1, -0.05) is 12.1 Å². The molecule has 0 radical (unpaired) electrons. The lowest BCUT2D eigenvalue weighted by Gasteiger charge is -2.38. The molecule has 1 aromatic rings. The molecule has 4 heteroatoms. The van der Waals surface area contributed by atoms with Crippen LogP contribution in [0.5, 0.6) is 5.75 Å². The van der Waals surface area contributed by atoms with Crippen molar-refractivity contribution in [2.75, 3.05) is 6.61 Å². The molecule has 2 atom stereocenters. The lowest BCUT2D eigenvalue weighted by molar-refractivity contribution is -0.133. The fourth-order valence-corrected chi connectivity index (χ4v) is 2.90. The van der Waals surface area contributed by atoms with Gasteiger partial charge in [0.1, 0.15) is 5.75 Å². The Kier molecular flexibility index (Phi) is 4.04. The van der Waals surface area contributed by atoms with Gasteiger partial charge in [0.2, 0.25) is 5.91 Å². The smallest absolute Gasteiger partial charge is 0.225 e. The van der Waals surface area contributed by atoms with E-state index in [9.17, 15) is 4.79 Å². The molecule has 4 nitrogen and oxygen atoms in total. The minimum Gasteiger partial charge on any atom is -0.494 e. The van der Waals surface area contributed by atoms with E-state index in [1.807, 2.05) is 56.9 Å². The van der Waals surface area contributed by atoms with Crippen molar-refractivity contribution in [1.82, 2.24) is 4.90 Å². The van der Waals surface area contributed by atoms with E-state index in [4.69, 9.17) is 10.5 Å². The molecular formula is C16H24N2O2. The van der Waals surface area contributed by atoms with E-state index in [2.05, 4.69) is 0 Å². The second-order valence-electron chi connectivity index (χ2n) is 6.25. The fourth-order valence-electron chi connectivity index (χ4n) is 2.90. The summed E-state index contributed by atoms with van der Waals surface area (Å²) in [6.45, 7) is 8.72. The summed E-state index contributed by atoms with van der Waals surface area (Å²) in [5.74, 6) is 0.947. The second kappa shape index (κ2) is 5.44. The van der Waals surface area contributed by atoms with Crippen molar-refractivity contribution in [3.05, 3.63) is 29.8 Å². The normalized spacial score (nSPS) is 23.2. The second-order valence-corrected chi connectivity index (χ2v) is 6.25. The highest BCUT2D eigenvalue weighted by molar-refractivity contribution is 5.81. The van der Waals surface area contributed by atoms with Gasteiger partial charge in [-0.15, -0.1) is 0 Å². The third-order valence-electron chi connectivity index (χ3n) is 3.60. The van der Waals surface area contributed by atoms with Crippen LogP contribution in [0.1, 0.15) is 45.7 Å². The van der Waals surface area contributed by atoms with Crippen LogP contribution in [-0.2, 0) is 4.79 Å². The van der Waals surface area contributed by atoms with Crippen LogP contribution in [0.25, 0.3) is 0 Å². The van der Waals surface area contributed by atoms with Crippen molar-refractivity contribution < 1.29 is 9.53 Å². The average molecular weight is 276 g/mol. The first-order valence-electron chi connectivity index (χ1n) is 7.15. The standard InChI is InChI=1S/C16H24N2O2/c1-5-20-12-8-6-7-11(9-12)15-13(17)10-14(19)18(15)16(2,3)4/h6-9,13,15H,5,10,17H2,1-4H3. The van der Waals surface area contributed by atoms with Crippen molar-refractivity contribution in [3.63, 3.8) is 0 Å². The Labute approximate surface area is 120 Å². The van der Waals surface area contributed by atoms with E-state index in [1.165, 1.54) is 0 Å². The summed E-state index contributed by atoms with van der Waals surface area (Å²) in [5, 5.41) is 0. The van der Waals surface area contributed by atoms with Gasteiger partial charge in [0.15, 0.2) is 0 Å². The molecule has 20 heavy (non-hydrogen) atoms. The van der Waals surface area contributed by atoms with Gasteiger partial charge in [0, 0.05) is 18.0 Å². The molecular weight excluding hydrogens is 252 g/mol. The Morgan fingerprint density at radius 2 is 2.10 bits per heavy atom. The summed E-state index contributed by atoms with van der Waals surface area (Å²) >= 11 is 0. The highest BCUT2D eigenvalue weighted by Gasteiger charge is 2.43. The highest BCUT2D eigenvalue weighted by Crippen LogP contribution is 2.38. The van der Waals surface area contributed by atoms with Gasteiger partial charge < -0.3 is 15.4 Å². The Morgan fingerprint density at radius 3 is 2.70 bits per heavy atom. The number of benzene rings is 1. The summed E-state index contributed by atoms with van der Waals surface area (Å²) in [4.78, 5) is 14.1. The molecule has 0 aliphatic carbocycles. The van der Waals surface area contributed by atoms with Gasteiger partial charge in [-0.25, -0.2) is 0 Å². The van der Waals surface area contributed by atoms with Crippen molar-refractivity contribution in [1.29, 1.82) is 0 Å². The Morgan fingerprint density at radius 1 is 1.40 bits per heavy atom. The van der Waals surface area contributed by atoms with Gasteiger partial charge in [-0.05, 0) is 45.4 Å². The van der Waals surface area contributed by atoms with Gasteiger partial charge in [0.25, 0.3) is 0 Å². The minimum absolute atomic E-state index is 0.0806. The maximum Gasteiger partial charge on any atom is 0.225 e. The van der Waals surface area contributed by atoms with Crippen molar-refractivity contribution in [2.24, 2.45) is 5.73 Å². The molecule has 1 aliphatic rings. The maximum atomic E-state index is 12.2. The van der Waals surface area contributed by atoms with Crippen molar-refractivity contribution in [3.8, 4) is 5.75 Å². The topological polar surface area (TPSA) is 55.6 Å². The minimum atomic E-state index is -0.239. The lowest BCUT2D eigenvalue weighted by Crippen LogP contribution is -2.45. The van der Waals surface area contributed by atoms with Crippen LogP contribution >= 0.6 is 0 Å². The molecule has 2 rings (SSSR count). The summed E-state index contributed by atoms with van der Waals surface area (Å²) in [5.41, 5.74) is 7.02. The summed E-state index contributed by atoms with van der Waals surface area (Å²) in [6.07, 6.45) is 0.404. The van der Waals surface area contributed by atoms with Gasteiger partial charge in [-0.3, -0.25) is 4.79 Å². The predicted molar refractivity (Wildman–Crippen MR) is 79.5 cm³/mol. The maximum absolute atomic E-state index is 12.2. The summed E-state index contributed by atoms with van der Waals surface area (Å²) < 4.78 is 5.54. The third kappa shape index (κ3) is 2.80. The number of carbonyl (C=O) groups is 1. The van der Waals surface area contributed by atoms with E-state index in [-0.39, 0.29) is 23.5 Å². The molecule has 0 bridgehead atoms. The zero-order valence-corrected chi connectivity index (χ0v) is 12.7. The first-order chi connectivity index (χ1) is 9.34. The van der Waals surface area contributed by atoms with Gasteiger partial charge >= 0.3 is 0 Å². The molecule has 1 aromatic carbocycles. The monoisotopic (exact) mass is 276 g/mol. The molecule has 0 saturated carbocycles. The number of hydrogen-bond acceptors (Lipinski definition) is 3. The number of nitrogens with two attached hydrogens (primary N) is 1. The number of ether oxygens (including phenoxy) is 1. The number of nitrogens with zero attached hydrogens (tertiary/aromatic N) is 1. The van der Waals surface area contributed by atoms with E-state index in [1.54, 1.807) is 0 Å². The van der Waals surface area contributed by atoms with Crippen LogP contribution in [0, 0.1) is 0 Å². The molecule has 2 unspecified atom stereocenters. The van der Waals surface area contributed by atoms with Gasteiger partial charge in [0.05, 0.1) is 12.6 Å². The van der Waals surface area contributed by atoms with Gasteiger partial charge in [-0.2, -0.15) is 0 Å². The molecule has 1 fully saturated rings. The Bertz CT molecular complexity index is 493. The quantitative estimate of drug-likeness (QED) is 0.922. The van der Waals surface area contributed by atoms with E-state index < -0.39 is 0 Å². The number of amides is 1. The van der Waals surface area contributed by atoms with Crippen molar-refractivity contribution in [2.45, 2.75) is 51.7 Å². The molecule has 110 valence electrons. The van der Waals surface area contributed by atoms with Crippen LogP contribution in [0.4, 0.5) is 0 Å². The molecule has 0 spiro atoms. The molecule has 1 saturated heterocycles. The largest absolute Gasteiger partial charge is 0.494 e. The first-order valence-corrected chi connectivity index (χ1v) is 7.15. The molecule has 1 heterocycles. The number of likely N-dealkylation sites (tertiary alicyclic amines) is 1. The summed E-state index contributed by atoms with van der Waals surface area (Å²) in [7, 11) is 0. The number of hydrogen-bond donors (Lipinski definition) is 1. The first kappa shape index (κ1) is 14.9. The molecule has 0 aromatic heterocycles. The Hall–Kier alpha value is -1.55. The molecule has 2 N–H and O–H groups in total. The van der Waals surface area contributed by atoms with Crippen LogP contribution < -0.4 is 10.5 Å². The lowest BCUT2D eigenvalue weighted by atomic mass is 9.97. The zero-order chi connectivity index (χ0) is 14.9. The average Bonchev–Trinajstić information content (AvgIpc) is 2.64. The Balaban J connectivity index is 2.38. The summed E-state index contributed by atoms with van der Waals surface area (Å²) in [6, 6.07) is 7.64. The van der Waals surface area contributed by atoms with E-state index >= 15 is 0 Å².